The maximum Gasteiger partial charge on any atom is 0.270 e. The number of rotatable bonds is 2. The number of pyridine rings is 1. The van der Waals surface area contributed by atoms with Gasteiger partial charge in [0.2, 0.25) is 0 Å². The first kappa shape index (κ1) is 14.8. The van der Waals surface area contributed by atoms with Gasteiger partial charge in [-0.25, -0.2) is 4.98 Å². The van der Waals surface area contributed by atoms with E-state index in [2.05, 4.69) is 21.7 Å². The van der Waals surface area contributed by atoms with Crippen molar-refractivity contribution in [3.8, 4) is 0 Å². The van der Waals surface area contributed by atoms with E-state index in [1.807, 2.05) is 0 Å². The molecule has 4 nitrogen and oxygen atoms in total. The van der Waals surface area contributed by atoms with Gasteiger partial charge in [0.05, 0.1) is 17.9 Å². The number of hydrogen-bond donors (Lipinski definition) is 2. The number of nitrogens with one attached hydrogen (secondary N) is 1. The van der Waals surface area contributed by atoms with Crippen LogP contribution in [0.1, 0.15) is 39.8 Å². The summed E-state index contributed by atoms with van der Waals surface area (Å²) in [7, 11) is 0. The highest BCUT2D eigenvalue weighted by Gasteiger charge is 2.23. The summed E-state index contributed by atoms with van der Waals surface area (Å²) in [6.07, 6.45) is 4.74. The molecule has 0 saturated heterocycles. The quantitative estimate of drug-likeness (QED) is 0.896. The van der Waals surface area contributed by atoms with E-state index < -0.39 is 0 Å². The number of nitrogens with zero attached hydrogens (tertiary/aromatic N) is 1. The summed E-state index contributed by atoms with van der Waals surface area (Å²) in [6.45, 7) is 0. The molecule has 20 heavy (non-hydrogen) atoms. The van der Waals surface area contributed by atoms with Crippen molar-refractivity contribution >= 4 is 35.3 Å². The zero-order valence-electron chi connectivity index (χ0n) is 10.8. The van der Waals surface area contributed by atoms with E-state index in [0.29, 0.717) is 11.4 Å². The van der Waals surface area contributed by atoms with Gasteiger partial charge in [-0.15, -0.1) is 23.7 Å². The van der Waals surface area contributed by atoms with Crippen molar-refractivity contribution in [3.05, 3.63) is 45.9 Å². The van der Waals surface area contributed by atoms with Crippen LogP contribution in [0, 0.1) is 0 Å². The number of fused-ring (bicyclic) bond motifs is 1. The second-order valence-corrected chi connectivity index (χ2v) is 5.69. The summed E-state index contributed by atoms with van der Waals surface area (Å²) in [6, 6.07) is 5.57. The van der Waals surface area contributed by atoms with E-state index in [-0.39, 0.29) is 24.4 Å². The molecule has 2 heterocycles. The minimum absolute atomic E-state index is 0. The molecule has 1 unspecified atom stereocenters. The molecule has 0 saturated carbocycles. The third-order valence-corrected chi connectivity index (χ3v) is 4.37. The van der Waals surface area contributed by atoms with Crippen molar-refractivity contribution in [1.82, 2.24) is 10.3 Å². The minimum Gasteiger partial charge on any atom is -0.397 e. The molecule has 1 aliphatic carbocycles. The fourth-order valence-electron chi connectivity index (χ4n) is 2.41. The first-order valence-electron chi connectivity index (χ1n) is 6.32. The Hall–Kier alpha value is -1.59. The molecule has 2 aromatic rings. The summed E-state index contributed by atoms with van der Waals surface area (Å²) >= 11 is 1.77. The van der Waals surface area contributed by atoms with Crippen LogP contribution in [-0.2, 0) is 6.42 Å². The van der Waals surface area contributed by atoms with Crippen molar-refractivity contribution in [3.63, 3.8) is 0 Å². The number of aryl methyl sites for hydroxylation is 1. The average molecular weight is 310 g/mol. The molecule has 0 aliphatic heterocycles. The number of nitrogens with two attached hydrogens (primary N) is 1. The van der Waals surface area contributed by atoms with Crippen molar-refractivity contribution in [1.29, 1.82) is 0 Å². The molecule has 1 aliphatic rings. The van der Waals surface area contributed by atoms with E-state index >= 15 is 0 Å². The van der Waals surface area contributed by atoms with Crippen molar-refractivity contribution < 1.29 is 4.79 Å². The average Bonchev–Trinajstić information content (AvgIpc) is 2.89. The summed E-state index contributed by atoms with van der Waals surface area (Å²) in [5.74, 6) is -0.135. The molecule has 0 radical (unpaired) electrons. The van der Waals surface area contributed by atoms with Gasteiger partial charge in [0.15, 0.2) is 0 Å². The number of amides is 1. The van der Waals surface area contributed by atoms with Crippen LogP contribution in [0.3, 0.4) is 0 Å². The van der Waals surface area contributed by atoms with Crippen molar-refractivity contribution in [2.45, 2.75) is 25.3 Å². The van der Waals surface area contributed by atoms with Gasteiger partial charge in [0.1, 0.15) is 5.69 Å². The van der Waals surface area contributed by atoms with Crippen LogP contribution in [0.2, 0.25) is 0 Å². The lowest BCUT2D eigenvalue weighted by Gasteiger charge is -2.23. The highest BCUT2D eigenvalue weighted by atomic mass is 35.5. The van der Waals surface area contributed by atoms with Gasteiger partial charge in [-0.1, -0.05) is 0 Å². The van der Waals surface area contributed by atoms with Crippen LogP contribution < -0.4 is 11.1 Å². The number of thiophene rings is 1. The number of aromatic nitrogens is 1. The predicted octanol–water partition coefficient (Wildman–Crippen LogP) is 2.95. The maximum atomic E-state index is 12.1. The van der Waals surface area contributed by atoms with Crippen molar-refractivity contribution in [2.75, 3.05) is 5.73 Å². The number of halogens is 1. The third-order valence-electron chi connectivity index (χ3n) is 3.38. The first-order chi connectivity index (χ1) is 9.24. The first-order valence-corrected chi connectivity index (χ1v) is 7.20. The standard InChI is InChI=1S/C14H15N3OS.ClH/c15-9-4-5-12(16-8-9)14(18)17-11-2-1-3-13-10(11)6-7-19-13;/h4-8,11H,1-3,15H2,(H,17,18);1H. The molecule has 0 spiro atoms. The Morgan fingerprint density at radius 2 is 2.25 bits per heavy atom. The SMILES string of the molecule is Cl.Nc1ccc(C(=O)NC2CCCc3sccc32)nc1. The fourth-order valence-corrected chi connectivity index (χ4v) is 3.40. The van der Waals surface area contributed by atoms with Crippen LogP contribution >= 0.6 is 23.7 Å². The van der Waals surface area contributed by atoms with Gasteiger partial charge in [0.25, 0.3) is 5.91 Å². The van der Waals surface area contributed by atoms with Gasteiger partial charge in [0, 0.05) is 4.88 Å². The molecule has 3 rings (SSSR count). The molecule has 0 bridgehead atoms. The predicted molar refractivity (Wildman–Crippen MR) is 83.4 cm³/mol. The van der Waals surface area contributed by atoms with Gasteiger partial charge >= 0.3 is 0 Å². The van der Waals surface area contributed by atoms with E-state index in [4.69, 9.17) is 5.73 Å². The van der Waals surface area contributed by atoms with Gasteiger partial charge in [-0.3, -0.25) is 4.79 Å². The normalized spacial score (nSPS) is 16.9. The van der Waals surface area contributed by atoms with E-state index in [1.165, 1.54) is 16.6 Å². The molecule has 1 amide bonds. The minimum atomic E-state index is -0.135. The molecule has 0 aromatic carbocycles. The van der Waals surface area contributed by atoms with Gasteiger partial charge < -0.3 is 11.1 Å². The lowest BCUT2D eigenvalue weighted by molar-refractivity contribution is 0.0928. The summed E-state index contributed by atoms with van der Waals surface area (Å²) < 4.78 is 0. The maximum absolute atomic E-state index is 12.1. The highest BCUT2D eigenvalue weighted by molar-refractivity contribution is 7.10. The smallest absolute Gasteiger partial charge is 0.270 e. The Balaban J connectivity index is 0.00000147. The second-order valence-electron chi connectivity index (χ2n) is 4.69. The molecule has 0 fully saturated rings. The lowest BCUT2D eigenvalue weighted by Crippen LogP contribution is -2.30. The van der Waals surface area contributed by atoms with Crippen LogP contribution in [0.15, 0.2) is 29.8 Å². The van der Waals surface area contributed by atoms with E-state index in [0.717, 1.165) is 19.3 Å². The topological polar surface area (TPSA) is 68.0 Å². The molecule has 2 aromatic heterocycles. The summed E-state index contributed by atoms with van der Waals surface area (Å²) in [5, 5.41) is 5.16. The van der Waals surface area contributed by atoms with Crippen LogP contribution in [0.5, 0.6) is 0 Å². The van der Waals surface area contributed by atoms with Crippen molar-refractivity contribution in [2.24, 2.45) is 0 Å². The van der Waals surface area contributed by atoms with Crippen LogP contribution in [-0.4, -0.2) is 10.9 Å². The molecule has 3 N–H and O–H groups in total. The number of carbonyl (C=O) groups is 1. The Morgan fingerprint density at radius 1 is 1.40 bits per heavy atom. The summed E-state index contributed by atoms with van der Waals surface area (Å²) in [4.78, 5) is 17.6. The summed E-state index contributed by atoms with van der Waals surface area (Å²) in [5.41, 5.74) is 7.81. The molecule has 106 valence electrons. The highest BCUT2D eigenvalue weighted by Crippen LogP contribution is 2.33. The van der Waals surface area contributed by atoms with E-state index in [1.54, 1.807) is 23.5 Å². The molecular formula is C14H16ClN3OS. The van der Waals surface area contributed by atoms with Gasteiger partial charge in [-0.2, -0.15) is 0 Å². The number of nitrogen functional groups attached to an aromatic ring is 1. The van der Waals surface area contributed by atoms with Crippen LogP contribution in [0.4, 0.5) is 5.69 Å². The lowest BCUT2D eigenvalue weighted by atomic mass is 9.94. The molecule has 1 atom stereocenters. The van der Waals surface area contributed by atoms with Gasteiger partial charge in [-0.05, 0) is 48.4 Å². The fraction of sp³-hybridized carbons (Fsp3) is 0.286. The van der Waals surface area contributed by atoms with Crippen LogP contribution in [0.25, 0.3) is 0 Å². The third kappa shape index (κ3) is 2.94. The number of anilines is 1. The Kier molecular flexibility index (Phi) is 4.62. The largest absolute Gasteiger partial charge is 0.397 e. The molecule has 6 heteroatoms. The zero-order valence-corrected chi connectivity index (χ0v) is 12.5. The second kappa shape index (κ2) is 6.24. The Bertz CT molecular complexity index is 597. The number of carbonyl (C=O) groups excluding carboxylic acids is 1. The molecular weight excluding hydrogens is 294 g/mol. The Morgan fingerprint density at radius 3 is 3.00 bits per heavy atom. The van der Waals surface area contributed by atoms with E-state index in [9.17, 15) is 4.79 Å². The monoisotopic (exact) mass is 309 g/mol. The Labute approximate surface area is 127 Å². The number of hydrogen-bond acceptors (Lipinski definition) is 4. The zero-order chi connectivity index (χ0) is 13.2.